The van der Waals surface area contributed by atoms with E-state index in [1.165, 1.54) is 6.42 Å². The molecule has 0 radical (unpaired) electrons. The minimum absolute atomic E-state index is 0.0377. The normalized spacial score (nSPS) is 16.3. The number of benzene rings is 1. The van der Waals surface area contributed by atoms with E-state index in [1.807, 2.05) is 20.8 Å². The molecular formula is C24H34N2O2S. The summed E-state index contributed by atoms with van der Waals surface area (Å²) >= 11 is 1.15. The molecule has 5 heteroatoms. The van der Waals surface area contributed by atoms with Gasteiger partial charge in [0.05, 0.1) is 6.57 Å². The minimum atomic E-state index is -0.480. The van der Waals surface area contributed by atoms with Crippen LogP contribution in [0.15, 0.2) is 23.1 Å². The van der Waals surface area contributed by atoms with Gasteiger partial charge in [0, 0.05) is 21.4 Å². The largest absolute Gasteiger partial charge is 0.326 e. The maximum Gasteiger partial charge on any atom is 0.230 e. The highest BCUT2D eigenvalue weighted by Gasteiger charge is 2.39. The van der Waals surface area contributed by atoms with E-state index < -0.39 is 5.41 Å². The summed E-state index contributed by atoms with van der Waals surface area (Å²) in [6, 6.07) is 5.18. The first-order chi connectivity index (χ1) is 13.6. The molecule has 0 aliphatic heterocycles. The van der Waals surface area contributed by atoms with Crippen LogP contribution in [0.3, 0.4) is 0 Å². The Bertz CT molecular complexity index is 781. The van der Waals surface area contributed by atoms with Gasteiger partial charge in [0.1, 0.15) is 0 Å². The molecule has 1 aliphatic rings. The highest BCUT2D eigenvalue weighted by atomic mass is 32.2. The number of thioether (sulfide) groups is 1. The van der Waals surface area contributed by atoms with Gasteiger partial charge >= 0.3 is 0 Å². The number of hydrogen-bond acceptors (Lipinski definition) is 3. The SMILES string of the molecule is [C-]#[N+]c1ccc(SC(=O)C(C)(C)C)c(NC(=O)C2(CCC(C)C)CCCCC2)c1. The third-order valence-electron chi connectivity index (χ3n) is 5.65. The lowest BCUT2D eigenvalue weighted by molar-refractivity contribution is -0.128. The quantitative estimate of drug-likeness (QED) is 0.394. The summed E-state index contributed by atoms with van der Waals surface area (Å²) in [7, 11) is 0. The molecule has 0 saturated heterocycles. The summed E-state index contributed by atoms with van der Waals surface area (Å²) in [6.45, 7) is 17.4. The lowest BCUT2D eigenvalue weighted by Crippen LogP contribution is -2.38. The molecule has 29 heavy (non-hydrogen) atoms. The Morgan fingerprint density at radius 1 is 1.21 bits per heavy atom. The number of carbonyl (C=O) groups is 2. The molecule has 0 bridgehead atoms. The molecule has 0 aromatic heterocycles. The van der Waals surface area contributed by atoms with E-state index in [0.29, 0.717) is 22.2 Å². The van der Waals surface area contributed by atoms with Crippen molar-refractivity contribution in [2.45, 2.75) is 84.5 Å². The molecule has 1 fully saturated rings. The summed E-state index contributed by atoms with van der Waals surface area (Å²) in [6.07, 6.45) is 7.09. The average molecular weight is 415 g/mol. The summed E-state index contributed by atoms with van der Waals surface area (Å²) in [4.78, 5) is 30.2. The molecule has 0 spiro atoms. The number of nitrogens with one attached hydrogen (secondary N) is 1. The molecular weight excluding hydrogens is 380 g/mol. The summed E-state index contributed by atoms with van der Waals surface area (Å²) < 4.78 is 0. The maximum atomic E-state index is 13.5. The molecule has 158 valence electrons. The van der Waals surface area contributed by atoms with E-state index in [1.54, 1.807) is 18.2 Å². The second-order valence-corrected chi connectivity index (χ2v) is 10.7. The van der Waals surface area contributed by atoms with Crippen LogP contribution in [0.2, 0.25) is 0 Å². The summed E-state index contributed by atoms with van der Waals surface area (Å²) in [5, 5.41) is 3.16. The Morgan fingerprint density at radius 2 is 1.86 bits per heavy atom. The summed E-state index contributed by atoms with van der Waals surface area (Å²) in [5.41, 5.74) is 0.229. The zero-order valence-corrected chi connectivity index (χ0v) is 19.2. The van der Waals surface area contributed by atoms with Gasteiger partial charge in [-0.05, 0) is 49.4 Å². The first kappa shape index (κ1) is 23.5. The zero-order chi connectivity index (χ0) is 21.7. The van der Waals surface area contributed by atoms with Crippen LogP contribution in [0, 0.1) is 23.3 Å². The van der Waals surface area contributed by atoms with Gasteiger partial charge in [0.25, 0.3) is 0 Å². The van der Waals surface area contributed by atoms with Crippen molar-refractivity contribution >= 4 is 34.2 Å². The van der Waals surface area contributed by atoms with Crippen LogP contribution in [0.5, 0.6) is 0 Å². The van der Waals surface area contributed by atoms with E-state index in [-0.39, 0.29) is 16.4 Å². The predicted octanol–water partition coefficient (Wildman–Crippen LogP) is 7.23. The van der Waals surface area contributed by atoms with Gasteiger partial charge in [-0.1, -0.05) is 66.0 Å². The fraction of sp³-hybridized carbons (Fsp3) is 0.625. The average Bonchev–Trinajstić information content (AvgIpc) is 2.67. The fourth-order valence-electron chi connectivity index (χ4n) is 3.67. The number of amides is 1. The molecule has 0 unspecified atom stereocenters. The second kappa shape index (κ2) is 9.80. The summed E-state index contributed by atoms with van der Waals surface area (Å²) in [5.74, 6) is 0.604. The molecule has 0 heterocycles. The second-order valence-electron chi connectivity index (χ2n) is 9.66. The van der Waals surface area contributed by atoms with Crippen LogP contribution in [0.4, 0.5) is 11.4 Å². The number of carbonyl (C=O) groups excluding carboxylic acids is 2. The van der Waals surface area contributed by atoms with Crippen LogP contribution in [0.1, 0.15) is 79.6 Å². The third kappa shape index (κ3) is 6.34. The van der Waals surface area contributed by atoms with Crippen LogP contribution >= 0.6 is 11.8 Å². The van der Waals surface area contributed by atoms with Gasteiger partial charge in [0.15, 0.2) is 10.8 Å². The smallest absolute Gasteiger partial charge is 0.230 e. The van der Waals surface area contributed by atoms with Gasteiger partial charge in [-0.15, -0.1) is 0 Å². The molecule has 1 N–H and O–H groups in total. The van der Waals surface area contributed by atoms with E-state index in [0.717, 1.165) is 50.3 Å². The third-order valence-corrected chi connectivity index (χ3v) is 7.02. The van der Waals surface area contributed by atoms with Gasteiger partial charge in [-0.2, -0.15) is 0 Å². The molecule has 1 amide bonds. The predicted molar refractivity (Wildman–Crippen MR) is 121 cm³/mol. The topological polar surface area (TPSA) is 50.5 Å². The molecule has 1 aromatic carbocycles. The molecule has 0 atom stereocenters. The number of anilines is 1. The highest BCUT2D eigenvalue weighted by molar-refractivity contribution is 8.13. The first-order valence-corrected chi connectivity index (χ1v) is 11.4. The van der Waals surface area contributed by atoms with E-state index in [4.69, 9.17) is 6.57 Å². The van der Waals surface area contributed by atoms with Gasteiger partial charge in [-0.25, -0.2) is 4.85 Å². The Hall–Kier alpha value is -1.80. The molecule has 4 nitrogen and oxygen atoms in total. The Morgan fingerprint density at radius 3 is 2.41 bits per heavy atom. The molecule has 1 aromatic rings. The minimum Gasteiger partial charge on any atom is -0.326 e. The van der Waals surface area contributed by atoms with Crippen molar-refractivity contribution in [3.05, 3.63) is 29.6 Å². The van der Waals surface area contributed by atoms with Crippen molar-refractivity contribution < 1.29 is 9.59 Å². The Kier molecular flexibility index (Phi) is 7.94. The van der Waals surface area contributed by atoms with Crippen LogP contribution in [0.25, 0.3) is 4.85 Å². The van der Waals surface area contributed by atoms with Crippen molar-refractivity contribution in [3.8, 4) is 0 Å². The number of hydrogen-bond donors (Lipinski definition) is 1. The molecule has 1 aliphatic carbocycles. The van der Waals surface area contributed by atoms with Crippen molar-refractivity contribution in [3.63, 3.8) is 0 Å². The van der Waals surface area contributed by atoms with Crippen molar-refractivity contribution in [1.82, 2.24) is 0 Å². The van der Waals surface area contributed by atoms with Crippen LogP contribution in [-0.2, 0) is 9.59 Å². The number of nitrogens with zero attached hydrogens (tertiary/aromatic N) is 1. The Labute approximate surface area is 180 Å². The lowest BCUT2D eigenvalue weighted by Gasteiger charge is -2.36. The van der Waals surface area contributed by atoms with Gasteiger partial charge in [0.2, 0.25) is 5.91 Å². The first-order valence-electron chi connectivity index (χ1n) is 10.6. The lowest BCUT2D eigenvalue weighted by atomic mass is 9.69. The van der Waals surface area contributed by atoms with Gasteiger partial charge < -0.3 is 5.32 Å². The van der Waals surface area contributed by atoms with Crippen LogP contribution < -0.4 is 5.32 Å². The van der Waals surface area contributed by atoms with Crippen molar-refractivity contribution in [1.29, 1.82) is 0 Å². The van der Waals surface area contributed by atoms with Crippen molar-refractivity contribution in [2.75, 3.05) is 5.32 Å². The zero-order valence-electron chi connectivity index (χ0n) is 18.4. The standard InChI is InChI=1S/C24H34N2O2S/c1-17(2)12-15-24(13-8-7-9-14-24)21(27)26-19-16-18(25-6)10-11-20(19)29-22(28)23(3,4)5/h10-11,16-17H,7-9,12-15H2,1-5H3,(H,26,27). The van der Waals surface area contributed by atoms with E-state index >= 15 is 0 Å². The Balaban J connectivity index is 2.30. The van der Waals surface area contributed by atoms with E-state index in [9.17, 15) is 9.59 Å². The van der Waals surface area contributed by atoms with E-state index in [2.05, 4.69) is 24.0 Å². The maximum absolute atomic E-state index is 13.5. The molecule has 2 rings (SSSR count). The number of rotatable bonds is 6. The van der Waals surface area contributed by atoms with Crippen LogP contribution in [-0.4, -0.2) is 11.0 Å². The van der Waals surface area contributed by atoms with Gasteiger partial charge in [-0.3, -0.25) is 9.59 Å². The monoisotopic (exact) mass is 414 g/mol. The fourth-order valence-corrected chi connectivity index (χ4v) is 4.53. The highest BCUT2D eigenvalue weighted by Crippen LogP contribution is 2.43. The molecule has 1 saturated carbocycles. The van der Waals surface area contributed by atoms with Crippen molar-refractivity contribution in [2.24, 2.45) is 16.7 Å².